The molecule has 3 aromatic rings. The minimum atomic E-state index is -4.60. The fourth-order valence-corrected chi connectivity index (χ4v) is 4.14. The molecule has 10 nitrogen and oxygen atoms in total. The predicted octanol–water partition coefficient (Wildman–Crippen LogP) is 3.29. The minimum Gasteiger partial charge on any atom is -0.338 e. The van der Waals surface area contributed by atoms with E-state index in [1.807, 2.05) is 0 Å². The van der Waals surface area contributed by atoms with Gasteiger partial charge in [-0.2, -0.15) is 17.4 Å². The van der Waals surface area contributed by atoms with Gasteiger partial charge in [0.05, 0.1) is 0 Å². The van der Waals surface area contributed by atoms with Crippen LogP contribution < -0.4 is 15.4 Å². The maximum atomic E-state index is 13.1. The number of pyridine rings is 2. The Bertz CT molecular complexity index is 1260. The summed E-state index contributed by atoms with van der Waals surface area (Å²) in [4.78, 5) is 23.9. The Balaban J connectivity index is 1.78. The number of rotatable bonds is 5. The first-order valence-electron chi connectivity index (χ1n) is 9.22. The number of thiazole rings is 1. The molecule has 4 rings (SSSR count). The number of anilines is 1. The summed E-state index contributed by atoms with van der Waals surface area (Å²) in [6.07, 6.45) is -0.282. The lowest BCUT2D eigenvalue weighted by molar-refractivity contribution is -0.140. The third kappa shape index (κ3) is 5.09. The number of carbonyl (C=O) groups excluding carboxylic acids is 1. The van der Waals surface area contributed by atoms with Crippen LogP contribution in [0, 0.1) is 0 Å². The second-order valence-electron chi connectivity index (χ2n) is 6.45. The number of amidine groups is 1. The second-order valence-corrected chi connectivity index (χ2v) is 8.13. The molecule has 0 aromatic carbocycles. The molecule has 0 saturated carbocycles. The Kier molecular flexibility index (Phi) is 6.24. The van der Waals surface area contributed by atoms with Gasteiger partial charge >= 0.3 is 23.5 Å². The van der Waals surface area contributed by atoms with E-state index < -0.39 is 29.2 Å². The number of halogens is 3. The molecule has 0 bridgehead atoms. The predicted molar refractivity (Wildman–Crippen MR) is 115 cm³/mol. The Labute approximate surface area is 191 Å². The zero-order valence-electron chi connectivity index (χ0n) is 16.6. The molecule has 172 valence electrons. The topological polar surface area (TPSA) is 130 Å². The van der Waals surface area contributed by atoms with Gasteiger partial charge in [0, 0.05) is 52.8 Å². The van der Waals surface area contributed by atoms with Gasteiger partial charge in [0.15, 0.2) is 11.5 Å². The number of carbonyl (C=O) groups is 1. The van der Waals surface area contributed by atoms with E-state index in [9.17, 15) is 22.2 Å². The quantitative estimate of drug-likeness (QED) is 0.496. The molecule has 3 aromatic heterocycles. The van der Waals surface area contributed by atoms with Crippen LogP contribution in [0.1, 0.15) is 18.2 Å². The molecule has 33 heavy (non-hydrogen) atoms. The van der Waals surface area contributed by atoms with Crippen molar-refractivity contribution in [2.75, 3.05) is 11.9 Å². The fourth-order valence-electron chi connectivity index (χ4n) is 2.80. The normalized spacial score (nSPS) is 15.4. The fraction of sp³-hybridized carbons (Fsp3) is 0.167. The Morgan fingerprint density at radius 1 is 1.21 bits per heavy atom. The van der Waals surface area contributed by atoms with E-state index in [4.69, 9.17) is 0 Å². The molecule has 1 aliphatic rings. The molecule has 1 aliphatic heterocycles. The molecular formula is C18H14F3N7O3S2. The minimum absolute atomic E-state index is 0.0739. The van der Waals surface area contributed by atoms with Gasteiger partial charge in [0.2, 0.25) is 0 Å². The lowest BCUT2D eigenvalue weighted by Crippen LogP contribution is -2.28. The molecule has 0 aliphatic carbocycles. The van der Waals surface area contributed by atoms with E-state index in [1.54, 1.807) is 13.0 Å². The lowest BCUT2D eigenvalue weighted by Gasteiger charge is -2.12. The van der Waals surface area contributed by atoms with Crippen LogP contribution >= 0.6 is 11.3 Å². The summed E-state index contributed by atoms with van der Waals surface area (Å²) in [7, 11) is 0. The molecule has 0 radical (unpaired) electrons. The number of alkyl halides is 3. The number of urea groups is 1. The number of hydrogen-bond donors (Lipinski definition) is 3. The number of amides is 2. The Morgan fingerprint density at radius 2 is 2.00 bits per heavy atom. The summed E-state index contributed by atoms with van der Waals surface area (Å²) in [5.74, 6) is 0.304. The highest BCUT2D eigenvalue weighted by molar-refractivity contribution is 7.79. The van der Waals surface area contributed by atoms with E-state index >= 15 is 0 Å². The van der Waals surface area contributed by atoms with E-state index in [-0.39, 0.29) is 16.7 Å². The monoisotopic (exact) mass is 497 g/mol. The molecular weight excluding hydrogens is 483 g/mol. The number of nitrogens with one attached hydrogen (secondary N) is 3. The molecule has 1 unspecified atom stereocenters. The number of aromatic nitrogens is 3. The van der Waals surface area contributed by atoms with Gasteiger partial charge < -0.3 is 5.32 Å². The molecule has 0 saturated heterocycles. The maximum Gasteiger partial charge on any atom is 0.434 e. The van der Waals surface area contributed by atoms with Gasteiger partial charge in [-0.15, -0.1) is 11.3 Å². The average molecular weight is 497 g/mol. The van der Waals surface area contributed by atoms with Crippen molar-refractivity contribution in [2.45, 2.75) is 13.1 Å². The summed E-state index contributed by atoms with van der Waals surface area (Å²) in [5.41, 5.74) is 0.598. The molecule has 0 fully saturated rings. The van der Waals surface area contributed by atoms with Gasteiger partial charge in [-0.25, -0.2) is 14.8 Å². The largest absolute Gasteiger partial charge is 0.434 e. The molecule has 0 spiro atoms. The first-order valence-corrected chi connectivity index (χ1v) is 11.2. The number of nitrogens with zero attached hydrogens (tertiary/aromatic N) is 4. The molecule has 2 amide bonds. The van der Waals surface area contributed by atoms with Gasteiger partial charge in [-0.3, -0.25) is 19.3 Å². The highest BCUT2D eigenvalue weighted by Gasteiger charge is 2.34. The average Bonchev–Trinajstić information content (AvgIpc) is 3.43. The summed E-state index contributed by atoms with van der Waals surface area (Å²) in [5, 5.41) is 9.72. The van der Waals surface area contributed by atoms with Gasteiger partial charge in [-0.05, 0) is 24.2 Å². The van der Waals surface area contributed by atoms with Crippen LogP contribution in [0.4, 0.5) is 23.8 Å². The zero-order chi connectivity index (χ0) is 23.6. The van der Waals surface area contributed by atoms with Crippen LogP contribution in [0.3, 0.4) is 0 Å². The van der Waals surface area contributed by atoms with Crippen LogP contribution in [-0.2, 0) is 21.7 Å². The first-order chi connectivity index (χ1) is 15.7. The van der Waals surface area contributed by atoms with E-state index in [2.05, 4.69) is 39.7 Å². The maximum absolute atomic E-state index is 13.1. The van der Waals surface area contributed by atoms with Crippen LogP contribution in [0.25, 0.3) is 21.7 Å². The smallest absolute Gasteiger partial charge is 0.338 e. The standard InChI is InChI=1S/C18H14F3N7O3S2/c1-2-23-17(29)26-14-4-11(16-25-13(8-32-16)18(19,20)21)12(7-24-14)9-3-10(6-22-5-9)15-27-31-33(30)28-15/h3-8H,2H2,1H3,(H,27,28)(H2,23,24,26,29). The van der Waals surface area contributed by atoms with Crippen molar-refractivity contribution in [3.05, 3.63) is 47.4 Å². The highest BCUT2D eigenvalue weighted by Crippen LogP contribution is 2.38. The molecule has 1 atom stereocenters. The van der Waals surface area contributed by atoms with Crippen molar-refractivity contribution in [3.8, 4) is 21.7 Å². The van der Waals surface area contributed by atoms with Crippen molar-refractivity contribution in [3.63, 3.8) is 0 Å². The lowest BCUT2D eigenvalue weighted by atomic mass is 10.0. The summed E-state index contributed by atoms with van der Waals surface area (Å²) < 4.78 is 57.9. The number of oxime groups is 1. The van der Waals surface area contributed by atoms with Crippen molar-refractivity contribution in [1.29, 1.82) is 0 Å². The van der Waals surface area contributed by atoms with Gasteiger partial charge in [0.25, 0.3) is 0 Å². The van der Waals surface area contributed by atoms with Crippen LogP contribution in [0.15, 0.2) is 41.3 Å². The van der Waals surface area contributed by atoms with Crippen molar-refractivity contribution >= 4 is 40.3 Å². The Morgan fingerprint density at radius 3 is 2.67 bits per heavy atom. The number of hydrogen-bond acceptors (Lipinski definition) is 8. The van der Waals surface area contributed by atoms with E-state index in [0.29, 0.717) is 28.8 Å². The zero-order valence-corrected chi connectivity index (χ0v) is 18.3. The van der Waals surface area contributed by atoms with Crippen LogP contribution in [0.5, 0.6) is 0 Å². The summed E-state index contributed by atoms with van der Waals surface area (Å²) >= 11 is -1.01. The SMILES string of the molecule is CCNC(=O)Nc1cc(-c2nc(C(F)(F)F)cs2)c(-c2cncc(C3=NOS(=O)N3)c2)cn1. The van der Waals surface area contributed by atoms with Crippen LogP contribution in [-0.4, -0.2) is 37.6 Å². The molecule has 4 heterocycles. The van der Waals surface area contributed by atoms with E-state index in [0.717, 1.165) is 16.7 Å². The van der Waals surface area contributed by atoms with Crippen molar-refractivity contribution in [1.82, 2.24) is 25.0 Å². The highest BCUT2D eigenvalue weighted by atomic mass is 32.2. The first kappa shape index (κ1) is 22.6. The van der Waals surface area contributed by atoms with Gasteiger partial charge in [-0.1, -0.05) is 0 Å². The summed E-state index contributed by atoms with van der Waals surface area (Å²) in [6, 6.07) is 2.54. The van der Waals surface area contributed by atoms with E-state index in [1.165, 1.54) is 24.7 Å². The third-order valence-electron chi connectivity index (χ3n) is 4.21. The molecule has 15 heteroatoms. The Hall–Kier alpha value is -3.59. The van der Waals surface area contributed by atoms with Gasteiger partial charge in [0.1, 0.15) is 10.8 Å². The van der Waals surface area contributed by atoms with Crippen molar-refractivity contribution in [2.24, 2.45) is 5.16 Å². The summed E-state index contributed by atoms with van der Waals surface area (Å²) in [6.45, 7) is 2.11. The van der Waals surface area contributed by atoms with Crippen LogP contribution in [0.2, 0.25) is 0 Å². The third-order valence-corrected chi connectivity index (χ3v) is 5.65. The van der Waals surface area contributed by atoms with Crippen molar-refractivity contribution < 1.29 is 26.5 Å². The second kappa shape index (κ2) is 9.11. The molecule has 3 N–H and O–H groups in total.